The maximum atomic E-state index is 12.3. The summed E-state index contributed by atoms with van der Waals surface area (Å²) in [4.78, 5) is 12.3. The zero-order valence-corrected chi connectivity index (χ0v) is 12.9. The van der Waals surface area contributed by atoms with E-state index in [9.17, 15) is 4.79 Å². The van der Waals surface area contributed by atoms with Crippen molar-refractivity contribution in [2.75, 3.05) is 6.54 Å². The van der Waals surface area contributed by atoms with Crippen LogP contribution in [0.2, 0.25) is 0 Å². The molecule has 3 N–H and O–H groups in total. The third kappa shape index (κ3) is 4.34. The van der Waals surface area contributed by atoms with E-state index in [-0.39, 0.29) is 5.91 Å². The van der Waals surface area contributed by atoms with Gasteiger partial charge in [-0.25, -0.2) is 0 Å². The molecule has 0 saturated heterocycles. The summed E-state index contributed by atoms with van der Waals surface area (Å²) in [7, 11) is 0. The van der Waals surface area contributed by atoms with E-state index in [1.54, 1.807) is 0 Å². The van der Waals surface area contributed by atoms with Crippen LogP contribution in [0.1, 0.15) is 49.0 Å². The third-order valence-electron chi connectivity index (χ3n) is 4.42. The molecule has 0 bridgehead atoms. The standard InChI is InChI=1S/C18H24N2O/c1-13-5-10-17(12-14(13)2)20-18(21)16-8-6-15(7-9-16)4-3-11-19/h6-9,13-14,17H,5,10-12,19H2,1-2H3,(H,20,21). The Morgan fingerprint density at radius 1 is 1.24 bits per heavy atom. The zero-order chi connectivity index (χ0) is 15.2. The van der Waals surface area contributed by atoms with Crippen molar-refractivity contribution in [1.29, 1.82) is 0 Å². The van der Waals surface area contributed by atoms with E-state index in [2.05, 4.69) is 31.0 Å². The predicted octanol–water partition coefficient (Wildman–Crippen LogP) is 2.55. The van der Waals surface area contributed by atoms with Crippen LogP contribution in [-0.4, -0.2) is 18.5 Å². The SMILES string of the molecule is CC1CCC(NC(=O)c2ccc(C#CCN)cc2)CC1C. The Morgan fingerprint density at radius 2 is 1.95 bits per heavy atom. The summed E-state index contributed by atoms with van der Waals surface area (Å²) in [5, 5.41) is 3.15. The smallest absolute Gasteiger partial charge is 0.251 e. The van der Waals surface area contributed by atoms with Crippen LogP contribution in [0, 0.1) is 23.7 Å². The van der Waals surface area contributed by atoms with Crippen molar-refractivity contribution < 1.29 is 4.79 Å². The molecule has 1 fully saturated rings. The maximum absolute atomic E-state index is 12.3. The van der Waals surface area contributed by atoms with Gasteiger partial charge in [0.15, 0.2) is 0 Å². The molecule has 1 amide bonds. The molecule has 1 aromatic carbocycles. The highest BCUT2D eigenvalue weighted by atomic mass is 16.1. The van der Waals surface area contributed by atoms with E-state index in [0.29, 0.717) is 24.1 Å². The van der Waals surface area contributed by atoms with Gasteiger partial charge in [-0.15, -0.1) is 0 Å². The third-order valence-corrected chi connectivity index (χ3v) is 4.42. The van der Waals surface area contributed by atoms with Gasteiger partial charge in [0.05, 0.1) is 6.54 Å². The lowest BCUT2D eigenvalue weighted by Crippen LogP contribution is -2.39. The van der Waals surface area contributed by atoms with Gasteiger partial charge < -0.3 is 11.1 Å². The Morgan fingerprint density at radius 3 is 2.57 bits per heavy atom. The molecule has 0 spiro atoms. The molecule has 1 aromatic rings. The molecule has 3 nitrogen and oxygen atoms in total. The monoisotopic (exact) mass is 284 g/mol. The first-order valence-electron chi connectivity index (χ1n) is 7.70. The highest BCUT2D eigenvalue weighted by Gasteiger charge is 2.25. The van der Waals surface area contributed by atoms with Crippen LogP contribution in [0.4, 0.5) is 0 Å². The number of rotatable bonds is 2. The lowest BCUT2D eigenvalue weighted by Gasteiger charge is -2.32. The van der Waals surface area contributed by atoms with Gasteiger partial charge in [-0.05, 0) is 55.4 Å². The quantitative estimate of drug-likeness (QED) is 0.820. The van der Waals surface area contributed by atoms with E-state index in [1.807, 2.05) is 24.3 Å². The lowest BCUT2D eigenvalue weighted by atomic mass is 9.79. The van der Waals surface area contributed by atoms with Gasteiger partial charge in [0.25, 0.3) is 5.91 Å². The molecule has 0 aromatic heterocycles. The Bertz CT molecular complexity index is 539. The fraction of sp³-hybridized carbons (Fsp3) is 0.500. The fourth-order valence-corrected chi connectivity index (χ4v) is 2.81. The van der Waals surface area contributed by atoms with Gasteiger partial charge in [-0.1, -0.05) is 25.7 Å². The van der Waals surface area contributed by atoms with Crippen molar-refractivity contribution in [1.82, 2.24) is 5.32 Å². The van der Waals surface area contributed by atoms with Crippen molar-refractivity contribution in [2.45, 2.75) is 39.2 Å². The van der Waals surface area contributed by atoms with Gasteiger partial charge in [0.2, 0.25) is 0 Å². The summed E-state index contributed by atoms with van der Waals surface area (Å²) < 4.78 is 0. The minimum absolute atomic E-state index is 0.0140. The molecular weight excluding hydrogens is 260 g/mol. The van der Waals surface area contributed by atoms with E-state index in [1.165, 1.54) is 6.42 Å². The summed E-state index contributed by atoms with van der Waals surface area (Å²) in [6, 6.07) is 7.68. The molecule has 1 aliphatic carbocycles. The molecule has 21 heavy (non-hydrogen) atoms. The number of amides is 1. The number of nitrogens with two attached hydrogens (primary N) is 1. The van der Waals surface area contributed by atoms with E-state index in [4.69, 9.17) is 5.73 Å². The maximum Gasteiger partial charge on any atom is 0.251 e. The van der Waals surface area contributed by atoms with Gasteiger partial charge in [0, 0.05) is 17.2 Å². The van der Waals surface area contributed by atoms with E-state index >= 15 is 0 Å². The van der Waals surface area contributed by atoms with Crippen molar-refractivity contribution in [3.8, 4) is 11.8 Å². The number of hydrogen-bond acceptors (Lipinski definition) is 2. The number of carbonyl (C=O) groups is 1. The fourth-order valence-electron chi connectivity index (χ4n) is 2.81. The summed E-state index contributed by atoms with van der Waals surface area (Å²) in [6.07, 6.45) is 3.35. The number of hydrogen-bond donors (Lipinski definition) is 2. The second-order valence-corrected chi connectivity index (χ2v) is 6.02. The van der Waals surface area contributed by atoms with Crippen molar-refractivity contribution in [2.24, 2.45) is 17.6 Å². The zero-order valence-electron chi connectivity index (χ0n) is 12.9. The van der Waals surface area contributed by atoms with Crippen LogP contribution < -0.4 is 11.1 Å². The van der Waals surface area contributed by atoms with Crippen LogP contribution in [-0.2, 0) is 0 Å². The van der Waals surface area contributed by atoms with Crippen LogP contribution >= 0.6 is 0 Å². The topological polar surface area (TPSA) is 55.1 Å². The van der Waals surface area contributed by atoms with E-state index in [0.717, 1.165) is 24.3 Å². The average Bonchev–Trinajstić information content (AvgIpc) is 2.49. The molecule has 3 atom stereocenters. The first-order chi connectivity index (χ1) is 10.1. The summed E-state index contributed by atoms with van der Waals surface area (Å²) >= 11 is 0. The molecule has 0 radical (unpaired) electrons. The van der Waals surface area contributed by atoms with Crippen LogP contribution in [0.15, 0.2) is 24.3 Å². The summed E-state index contributed by atoms with van der Waals surface area (Å²) in [5.74, 6) is 7.22. The Balaban J connectivity index is 1.94. The Kier molecular flexibility index (Phi) is 5.41. The minimum Gasteiger partial charge on any atom is -0.349 e. The van der Waals surface area contributed by atoms with Crippen molar-refractivity contribution >= 4 is 5.91 Å². The van der Waals surface area contributed by atoms with Gasteiger partial charge >= 0.3 is 0 Å². The van der Waals surface area contributed by atoms with Crippen LogP contribution in [0.25, 0.3) is 0 Å². The Labute approximate surface area is 127 Å². The minimum atomic E-state index is 0.0140. The highest BCUT2D eigenvalue weighted by molar-refractivity contribution is 5.94. The molecule has 2 rings (SSSR count). The average molecular weight is 284 g/mol. The predicted molar refractivity (Wildman–Crippen MR) is 85.8 cm³/mol. The summed E-state index contributed by atoms with van der Waals surface area (Å²) in [5.41, 5.74) is 6.92. The first kappa shape index (κ1) is 15.6. The number of nitrogens with one attached hydrogen (secondary N) is 1. The van der Waals surface area contributed by atoms with Crippen LogP contribution in [0.5, 0.6) is 0 Å². The molecule has 3 unspecified atom stereocenters. The molecule has 112 valence electrons. The lowest BCUT2D eigenvalue weighted by molar-refractivity contribution is 0.0910. The normalized spacial score (nSPS) is 24.8. The molecule has 0 aliphatic heterocycles. The second-order valence-electron chi connectivity index (χ2n) is 6.02. The first-order valence-corrected chi connectivity index (χ1v) is 7.70. The molecule has 0 heterocycles. The van der Waals surface area contributed by atoms with Crippen LogP contribution in [0.3, 0.4) is 0 Å². The van der Waals surface area contributed by atoms with Gasteiger partial charge in [-0.3, -0.25) is 4.79 Å². The highest BCUT2D eigenvalue weighted by Crippen LogP contribution is 2.29. The van der Waals surface area contributed by atoms with E-state index < -0.39 is 0 Å². The van der Waals surface area contributed by atoms with Gasteiger partial charge in [-0.2, -0.15) is 0 Å². The second kappa shape index (κ2) is 7.28. The molecule has 1 aliphatic rings. The summed E-state index contributed by atoms with van der Waals surface area (Å²) in [6.45, 7) is 4.91. The molecule has 1 saturated carbocycles. The largest absolute Gasteiger partial charge is 0.349 e. The molecule has 3 heteroatoms. The molecular formula is C18H24N2O. The van der Waals surface area contributed by atoms with Crippen molar-refractivity contribution in [3.63, 3.8) is 0 Å². The van der Waals surface area contributed by atoms with Crippen molar-refractivity contribution in [3.05, 3.63) is 35.4 Å². The Hall–Kier alpha value is -1.79. The number of benzene rings is 1. The number of carbonyl (C=O) groups excluding carboxylic acids is 1. The van der Waals surface area contributed by atoms with Gasteiger partial charge in [0.1, 0.15) is 0 Å².